The van der Waals surface area contributed by atoms with Gasteiger partial charge in [0, 0.05) is 25.6 Å². The second-order valence-corrected chi connectivity index (χ2v) is 7.05. The van der Waals surface area contributed by atoms with Gasteiger partial charge in [-0.3, -0.25) is 9.59 Å². The van der Waals surface area contributed by atoms with Gasteiger partial charge in [-0.05, 0) is 35.6 Å². The fraction of sp³-hybridized carbons (Fsp3) is 0.273. The third kappa shape index (κ3) is 3.33. The molecule has 0 radical (unpaired) electrons. The number of nitrogens with one attached hydrogen (secondary N) is 1. The van der Waals surface area contributed by atoms with Crippen LogP contribution in [0.25, 0.3) is 10.9 Å². The number of aromatic nitrogens is 1. The van der Waals surface area contributed by atoms with Crippen LogP contribution in [0.2, 0.25) is 0 Å². The van der Waals surface area contributed by atoms with Gasteiger partial charge >= 0.3 is 0 Å². The summed E-state index contributed by atoms with van der Waals surface area (Å²) in [5.41, 5.74) is 1.75. The van der Waals surface area contributed by atoms with Gasteiger partial charge in [0.25, 0.3) is 11.5 Å². The molecular formula is C22H22N2O4. The summed E-state index contributed by atoms with van der Waals surface area (Å²) < 4.78 is 12.5. The molecule has 0 fully saturated rings. The molecule has 0 aliphatic carbocycles. The van der Waals surface area contributed by atoms with Crippen molar-refractivity contribution in [2.24, 2.45) is 13.0 Å². The minimum atomic E-state index is -0.355. The van der Waals surface area contributed by atoms with Gasteiger partial charge in [-0.2, -0.15) is 0 Å². The number of fused-ring (bicyclic) bond motifs is 2. The summed E-state index contributed by atoms with van der Waals surface area (Å²) in [7, 11) is 3.31. The molecule has 0 bridgehead atoms. The number of benzene rings is 2. The first-order valence-corrected chi connectivity index (χ1v) is 9.23. The predicted molar refractivity (Wildman–Crippen MR) is 107 cm³/mol. The average molecular weight is 378 g/mol. The van der Waals surface area contributed by atoms with Gasteiger partial charge in [-0.25, -0.2) is 0 Å². The Bertz CT molecular complexity index is 1100. The smallest absolute Gasteiger partial charge is 0.263 e. The topological polar surface area (TPSA) is 69.6 Å². The Hall–Kier alpha value is -3.28. The van der Waals surface area contributed by atoms with Gasteiger partial charge < -0.3 is 19.4 Å². The monoisotopic (exact) mass is 378 g/mol. The Morgan fingerprint density at radius 1 is 1.25 bits per heavy atom. The van der Waals surface area contributed by atoms with Gasteiger partial charge in [0.15, 0.2) is 0 Å². The molecule has 6 nitrogen and oxygen atoms in total. The highest BCUT2D eigenvalue weighted by atomic mass is 16.5. The molecule has 6 heteroatoms. The Morgan fingerprint density at radius 3 is 2.89 bits per heavy atom. The van der Waals surface area contributed by atoms with Crippen LogP contribution in [0.1, 0.15) is 15.9 Å². The van der Waals surface area contributed by atoms with E-state index in [1.54, 1.807) is 20.2 Å². The van der Waals surface area contributed by atoms with Gasteiger partial charge in [0.2, 0.25) is 0 Å². The number of rotatable bonds is 4. The third-order valence-corrected chi connectivity index (χ3v) is 5.19. The zero-order valence-electron chi connectivity index (χ0n) is 15.9. The van der Waals surface area contributed by atoms with Crippen LogP contribution in [-0.2, 0) is 13.5 Å². The maximum atomic E-state index is 12.7. The van der Waals surface area contributed by atoms with Crippen molar-refractivity contribution in [2.45, 2.75) is 6.42 Å². The van der Waals surface area contributed by atoms with Crippen molar-refractivity contribution in [3.8, 4) is 11.5 Å². The van der Waals surface area contributed by atoms with Gasteiger partial charge in [-0.15, -0.1) is 0 Å². The Labute approximate surface area is 162 Å². The summed E-state index contributed by atoms with van der Waals surface area (Å²) in [5, 5.41) is 3.76. The van der Waals surface area contributed by atoms with Crippen LogP contribution in [0.15, 0.2) is 53.3 Å². The second-order valence-electron chi connectivity index (χ2n) is 7.05. The van der Waals surface area contributed by atoms with Crippen molar-refractivity contribution in [1.82, 2.24) is 9.88 Å². The average Bonchev–Trinajstić information content (AvgIpc) is 2.74. The predicted octanol–water partition coefficient (Wildman–Crippen LogP) is 2.53. The molecule has 1 amide bonds. The number of methoxy groups -OCH3 is 1. The van der Waals surface area contributed by atoms with Crippen molar-refractivity contribution >= 4 is 16.8 Å². The molecular weight excluding hydrogens is 356 g/mol. The Kier molecular flexibility index (Phi) is 4.77. The molecule has 1 aliphatic rings. The Morgan fingerprint density at radius 2 is 2.07 bits per heavy atom. The molecule has 2 aromatic carbocycles. The summed E-state index contributed by atoms with van der Waals surface area (Å²) in [6.07, 6.45) is 0.801. The largest absolute Gasteiger partial charge is 0.497 e. The highest BCUT2D eigenvalue weighted by Crippen LogP contribution is 2.30. The highest BCUT2D eigenvalue weighted by Gasteiger charge is 2.22. The van der Waals surface area contributed by atoms with Crippen molar-refractivity contribution in [3.05, 3.63) is 70.0 Å². The molecule has 1 atom stereocenters. The SMILES string of the molecule is COc1ccc2c(c1)OCC(CNC(=O)c1cc3ccccc3n(C)c1=O)C2. The van der Waals surface area contributed by atoms with Crippen LogP contribution in [0.3, 0.4) is 0 Å². The number of nitrogens with zero attached hydrogens (tertiary/aromatic N) is 1. The molecule has 28 heavy (non-hydrogen) atoms. The molecule has 144 valence electrons. The van der Waals surface area contributed by atoms with E-state index in [1.165, 1.54) is 4.57 Å². The number of amides is 1. The number of aryl methyl sites for hydroxylation is 1. The normalized spacial score (nSPS) is 15.6. The molecule has 4 rings (SSSR count). The van der Waals surface area contributed by atoms with E-state index in [1.807, 2.05) is 42.5 Å². The zero-order valence-corrected chi connectivity index (χ0v) is 15.9. The lowest BCUT2D eigenvalue weighted by atomic mass is 9.96. The first kappa shape index (κ1) is 18.1. The molecule has 1 aromatic heterocycles. The lowest BCUT2D eigenvalue weighted by molar-refractivity contribution is 0.0937. The highest BCUT2D eigenvalue weighted by molar-refractivity contribution is 5.97. The molecule has 0 saturated carbocycles. The van der Waals surface area contributed by atoms with E-state index in [0.29, 0.717) is 13.2 Å². The fourth-order valence-corrected chi connectivity index (χ4v) is 3.59. The minimum absolute atomic E-state index is 0.147. The number of hydrogen-bond donors (Lipinski definition) is 1. The summed E-state index contributed by atoms with van der Waals surface area (Å²) in [5.74, 6) is 1.38. The molecule has 2 heterocycles. The van der Waals surface area contributed by atoms with E-state index >= 15 is 0 Å². The van der Waals surface area contributed by atoms with E-state index < -0.39 is 0 Å². The fourth-order valence-electron chi connectivity index (χ4n) is 3.59. The van der Waals surface area contributed by atoms with E-state index in [-0.39, 0.29) is 22.9 Å². The second kappa shape index (κ2) is 7.38. The van der Waals surface area contributed by atoms with Crippen LogP contribution in [0.4, 0.5) is 0 Å². The van der Waals surface area contributed by atoms with Crippen LogP contribution >= 0.6 is 0 Å². The molecule has 0 spiro atoms. The van der Waals surface area contributed by atoms with Crippen molar-refractivity contribution in [2.75, 3.05) is 20.3 Å². The number of para-hydroxylation sites is 1. The van der Waals surface area contributed by atoms with Gasteiger partial charge in [0.05, 0.1) is 19.2 Å². The molecule has 1 unspecified atom stereocenters. The number of carbonyl (C=O) groups excluding carboxylic acids is 1. The number of ether oxygens (including phenoxy) is 2. The van der Waals surface area contributed by atoms with Crippen LogP contribution in [-0.4, -0.2) is 30.7 Å². The van der Waals surface area contributed by atoms with Crippen molar-refractivity contribution < 1.29 is 14.3 Å². The maximum Gasteiger partial charge on any atom is 0.263 e. The van der Waals surface area contributed by atoms with E-state index in [2.05, 4.69) is 5.32 Å². The Balaban J connectivity index is 1.47. The summed E-state index contributed by atoms with van der Waals surface area (Å²) >= 11 is 0. The first-order valence-electron chi connectivity index (χ1n) is 9.23. The standard InChI is InChI=1S/C22H22N2O4/c1-24-19-6-4-3-5-15(19)10-18(22(24)26)21(25)23-12-14-9-16-7-8-17(27-2)11-20(16)28-13-14/h3-8,10-11,14H,9,12-13H2,1-2H3,(H,23,25). The van der Waals surface area contributed by atoms with Crippen molar-refractivity contribution in [3.63, 3.8) is 0 Å². The van der Waals surface area contributed by atoms with Crippen LogP contribution in [0.5, 0.6) is 11.5 Å². The van der Waals surface area contributed by atoms with Crippen LogP contribution in [0, 0.1) is 5.92 Å². The summed E-state index contributed by atoms with van der Waals surface area (Å²) in [6, 6.07) is 15.0. The van der Waals surface area contributed by atoms with Crippen molar-refractivity contribution in [1.29, 1.82) is 0 Å². The van der Waals surface area contributed by atoms with E-state index in [0.717, 1.165) is 34.4 Å². The lowest BCUT2D eigenvalue weighted by Gasteiger charge is -2.25. The van der Waals surface area contributed by atoms with E-state index in [9.17, 15) is 9.59 Å². The van der Waals surface area contributed by atoms with Crippen LogP contribution < -0.4 is 20.3 Å². The summed E-state index contributed by atoms with van der Waals surface area (Å²) in [4.78, 5) is 25.2. The molecule has 1 N–H and O–H groups in total. The zero-order chi connectivity index (χ0) is 19.7. The quantitative estimate of drug-likeness (QED) is 0.757. The molecule has 0 saturated heterocycles. The number of carbonyl (C=O) groups is 1. The lowest BCUT2D eigenvalue weighted by Crippen LogP contribution is -2.37. The maximum absolute atomic E-state index is 12.7. The molecule has 1 aliphatic heterocycles. The number of pyridine rings is 1. The van der Waals surface area contributed by atoms with E-state index in [4.69, 9.17) is 9.47 Å². The third-order valence-electron chi connectivity index (χ3n) is 5.19. The number of hydrogen-bond acceptors (Lipinski definition) is 4. The summed E-state index contributed by atoms with van der Waals surface area (Å²) in [6.45, 7) is 0.955. The van der Waals surface area contributed by atoms with Gasteiger partial charge in [-0.1, -0.05) is 24.3 Å². The van der Waals surface area contributed by atoms with Gasteiger partial charge in [0.1, 0.15) is 17.1 Å². The minimum Gasteiger partial charge on any atom is -0.497 e. The molecule has 3 aromatic rings. The first-order chi connectivity index (χ1) is 13.6.